The molecule has 106 valence electrons. The SMILES string of the molecule is CC(C)N(C)C(=O)CN1C(=O)C(=O)c2c(Br)cccc21. The van der Waals surface area contributed by atoms with Gasteiger partial charge in [0.05, 0.1) is 11.3 Å². The number of likely N-dealkylation sites (N-methyl/N-ethyl adjacent to an activating group) is 1. The average molecular weight is 339 g/mol. The van der Waals surface area contributed by atoms with Crippen LogP contribution in [0.4, 0.5) is 5.69 Å². The third-order valence-corrected chi connectivity index (χ3v) is 4.07. The second kappa shape index (κ2) is 5.36. The van der Waals surface area contributed by atoms with Crippen molar-refractivity contribution in [3.8, 4) is 0 Å². The van der Waals surface area contributed by atoms with E-state index in [0.29, 0.717) is 15.7 Å². The summed E-state index contributed by atoms with van der Waals surface area (Å²) in [5, 5.41) is 0. The molecule has 1 aromatic rings. The molecule has 0 bridgehead atoms. The van der Waals surface area contributed by atoms with Gasteiger partial charge in [0.15, 0.2) is 0 Å². The first-order chi connectivity index (χ1) is 9.34. The third kappa shape index (κ3) is 2.35. The van der Waals surface area contributed by atoms with Crippen LogP contribution in [0.3, 0.4) is 0 Å². The lowest BCUT2D eigenvalue weighted by atomic mass is 10.1. The van der Waals surface area contributed by atoms with Gasteiger partial charge in [-0.3, -0.25) is 19.3 Å². The number of Topliss-reactive ketones (excluding diaryl/α,β-unsaturated/α-hetero) is 1. The Labute approximate surface area is 125 Å². The van der Waals surface area contributed by atoms with Crippen molar-refractivity contribution in [3.05, 3.63) is 28.2 Å². The third-order valence-electron chi connectivity index (χ3n) is 3.41. The van der Waals surface area contributed by atoms with Crippen LogP contribution < -0.4 is 4.90 Å². The average Bonchev–Trinajstić information content (AvgIpc) is 2.64. The van der Waals surface area contributed by atoms with E-state index in [4.69, 9.17) is 0 Å². The minimum Gasteiger partial charge on any atom is -0.342 e. The number of ketones is 1. The van der Waals surface area contributed by atoms with Gasteiger partial charge in [-0.2, -0.15) is 0 Å². The van der Waals surface area contributed by atoms with Gasteiger partial charge in [0, 0.05) is 17.6 Å². The van der Waals surface area contributed by atoms with E-state index in [9.17, 15) is 14.4 Å². The Hall–Kier alpha value is -1.69. The summed E-state index contributed by atoms with van der Waals surface area (Å²) in [6, 6.07) is 5.15. The summed E-state index contributed by atoms with van der Waals surface area (Å²) in [4.78, 5) is 38.9. The topological polar surface area (TPSA) is 57.7 Å². The Morgan fingerprint density at radius 3 is 2.60 bits per heavy atom. The van der Waals surface area contributed by atoms with Gasteiger partial charge in [0.1, 0.15) is 6.54 Å². The number of anilines is 1. The lowest BCUT2D eigenvalue weighted by Gasteiger charge is -2.24. The number of rotatable bonds is 3. The first-order valence-electron chi connectivity index (χ1n) is 6.25. The Morgan fingerprint density at radius 1 is 1.35 bits per heavy atom. The quantitative estimate of drug-likeness (QED) is 0.790. The molecule has 0 spiro atoms. The van der Waals surface area contributed by atoms with E-state index in [1.54, 1.807) is 30.1 Å². The monoisotopic (exact) mass is 338 g/mol. The minimum atomic E-state index is -0.655. The standard InChI is InChI=1S/C14H15BrN2O3/c1-8(2)16(3)11(18)7-17-10-6-4-5-9(15)12(10)13(19)14(17)20/h4-6,8H,7H2,1-3H3. The molecular formula is C14H15BrN2O3. The number of halogens is 1. The molecular weight excluding hydrogens is 324 g/mol. The van der Waals surface area contributed by atoms with Crippen LogP contribution in [0.25, 0.3) is 0 Å². The zero-order valence-electron chi connectivity index (χ0n) is 11.5. The first-order valence-corrected chi connectivity index (χ1v) is 7.04. The summed E-state index contributed by atoms with van der Waals surface area (Å²) >= 11 is 3.27. The van der Waals surface area contributed by atoms with Crippen molar-refractivity contribution in [2.45, 2.75) is 19.9 Å². The maximum absolute atomic E-state index is 12.1. The fourth-order valence-electron chi connectivity index (χ4n) is 1.99. The summed E-state index contributed by atoms with van der Waals surface area (Å²) in [6.07, 6.45) is 0. The molecule has 0 aliphatic carbocycles. The lowest BCUT2D eigenvalue weighted by Crippen LogP contribution is -2.43. The molecule has 0 saturated heterocycles. The molecule has 1 aliphatic rings. The van der Waals surface area contributed by atoms with Crippen molar-refractivity contribution in [3.63, 3.8) is 0 Å². The predicted octanol–water partition coefficient (Wildman–Crippen LogP) is 1.85. The van der Waals surface area contributed by atoms with Crippen LogP contribution in [0, 0.1) is 0 Å². The van der Waals surface area contributed by atoms with Crippen LogP contribution in [-0.2, 0) is 9.59 Å². The summed E-state index contributed by atoms with van der Waals surface area (Å²) < 4.78 is 0.570. The van der Waals surface area contributed by atoms with Crippen LogP contribution in [0.5, 0.6) is 0 Å². The highest BCUT2D eigenvalue weighted by atomic mass is 79.9. The van der Waals surface area contributed by atoms with Crippen molar-refractivity contribution >= 4 is 39.2 Å². The molecule has 0 atom stereocenters. The Morgan fingerprint density at radius 2 is 2.00 bits per heavy atom. The van der Waals surface area contributed by atoms with Gasteiger partial charge in [-0.05, 0) is 41.9 Å². The predicted molar refractivity (Wildman–Crippen MR) is 78.7 cm³/mol. The van der Waals surface area contributed by atoms with Crippen molar-refractivity contribution in [2.75, 3.05) is 18.5 Å². The maximum atomic E-state index is 12.1. The summed E-state index contributed by atoms with van der Waals surface area (Å²) in [5.74, 6) is -1.43. The van der Waals surface area contributed by atoms with Crippen LogP contribution in [0.2, 0.25) is 0 Å². The van der Waals surface area contributed by atoms with Gasteiger partial charge in [0.25, 0.3) is 11.7 Å². The van der Waals surface area contributed by atoms with E-state index in [-0.39, 0.29) is 18.5 Å². The Kier molecular flexibility index (Phi) is 3.94. The number of hydrogen-bond acceptors (Lipinski definition) is 3. The van der Waals surface area contributed by atoms with Crippen LogP contribution in [0.1, 0.15) is 24.2 Å². The molecule has 1 aromatic carbocycles. The van der Waals surface area contributed by atoms with E-state index in [2.05, 4.69) is 15.9 Å². The Balaban J connectivity index is 2.32. The first kappa shape index (κ1) is 14.7. The number of benzene rings is 1. The second-order valence-corrected chi connectivity index (χ2v) is 5.81. The normalized spacial score (nSPS) is 13.9. The molecule has 1 heterocycles. The van der Waals surface area contributed by atoms with Gasteiger partial charge in [-0.15, -0.1) is 0 Å². The van der Waals surface area contributed by atoms with Crippen LogP contribution in [0.15, 0.2) is 22.7 Å². The second-order valence-electron chi connectivity index (χ2n) is 4.95. The van der Waals surface area contributed by atoms with E-state index < -0.39 is 11.7 Å². The van der Waals surface area contributed by atoms with Gasteiger partial charge in [0.2, 0.25) is 5.91 Å². The smallest absolute Gasteiger partial charge is 0.299 e. The van der Waals surface area contributed by atoms with Crippen molar-refractivity contribution in [2.24, 2.45) is 0 Å². The van der Waals surface area contributed by atoms with Crippen LogP contribution in [-0.4, -0.2) is 42.1 Å². The zero-order valence-corrected chi connectivity index (χ0v) is 13.1. The molecule has 2 amide bonds. The number of carbonyl (C=O) groups is 3. The van der Waals surface area contributed by atoms with E-state index in [1.165, 1.54) is 4.90 Å². The van der Waals surface area contributed by atoms with E-state index in [0.717, 1.165) is 0 Å². The number of carbonyl (C=O) groups excluding carboxylic acids is 3. The van der Waals surface area contributed by atoms with Gasteiger partial charge >= 0.3 is 0 Å². The molecule has 0 N–H and O–H groups in total. The molecule has 0 radical (unpaired) electrons. The Bertz CT molecular complexity index is 598. The number of amides is 2. The molecule has 1 aliphatic heterocycles. The van der Waals surface area contributed by atoms with Crippen molar-refractivity contribution < 1.29 is 14.4 Å². The minimum absolute atomic E-state index is 0.0397. The van der Waals surface area contributed by atoms with Crippen LogP contribution >= 0.6 is 15.9 Å². The van der Waals surface area contributed by atoms with Crippen molar-refractivity contribution in [1.29, 1.82) is 0 Å². The highest BCUT2D eigenvalue weighted by Gasteiger charge is 2.38. The maximum Gasteiger partial charge on any atom is 0.299 e. The van der Waals surface area contributed by atoms with Gasteiger partial charge in [-0.1, -0.05) is 6.07 Å². The molecule has 5 nitrogen and oxygen atoms in total. The molecule has 0 saturated carbocycles. The molecule has 20 heavy (non-hydrogen) atoms. The summed E-state index contributed by atoms with van der Waals surface area (Å²) in [6.45, 7) is 3.65. The lowest BCUT2D eigenvalue weighted by molar-refractivity contribution is -0.131. The molecule has 0 aromatic heterocycles. The van der Waals surface area contributed by atoms with Gasteiger partial charge in [-0.25, -0.2) is 0 Å². The largest absolute Gasteiger partial charge is 0.342 e. The molecule has 2 rings (SSSR count). The molecule has 0 unspecified atom stereocenters. The highest BCUT2D eigenvalue weighted by Crippen LogP contribution is 2.34. The number of fused-ring (bicyclic) bond motifs is 1. The van der Waals surface area contributed by atoms with Crippen molar-refractivity contribution in [1.82, 2.24) is 4.90 Å². The fourth-order valence-corrected chi connectivity index (χ4v) is 2.53. The number of nitrogens with zero attached hydrogens (tertiary/aromatic N) is 2. The van der Waals surface area contributed by atoms with E-state index >= 15 is 0 Å². The summed E-state index contributed by atoms with van der Waals surface area (Å²) in [5.41, 5.74) is 0.817. The summed E-state index contributed by atoms with van der Waals surface area (Å²) in [7, 11) is 1.68. The van der Waals surface area contributed by atoms with Gasteiger partial charge < -0.3 is 4.90 Å². The highest BCUT2D eigenvalue weighted by molar-refractivity contribution is 9.10. The molecule has 0 fully saturated rings. The zero-order chi connectivity index (χ0) is 15.0. The van der Waals surface area contributed by atoms with E-state index in [1.807, 2.05) is 13.8 Å². The molecule has 6 heteroatoms. The fraction of sp³-hybridized carbons (Fsp3) is 0.357. The number of hydrogen-bond donors (Lipinski definition) is 0.